The van der Waals surface area contributed by atoms with E-state index in [-0.39, 0.29) is 11.3 Å². The fraction of sp³-hybridized carbons (Fsp3) is 0.474. The highest BCUT2D eigenvalue weighted by Gasteiger charge is 2.54. The first-order valence-electron chi connectivity index (χ1n) is 9.45. The highest BCUT2D eigenvalue weighted by molar-refractivity contribution is 6.12. The summed E-state index contributed by atoms with van der Waals surface area (Å²) in [6, 6.07) is 3.68. The number of para-hydroxylation sites is 1. The number of carbonyl (C=O) groups excluding carboxylic acids is 4. The van der Waals surface area contributed by atoms with Gasteiger partial charge in [0.1, 0.15) is 18.1 Å². The zero-order valence-electron chi connectivity index (χ0n) is 16.1. The molecule has 0 bridgehead atoms. The molecular weight excluding hydrogens is 405 g/mol. The number of anilines is 1. The Kier molecular flexibility index (Phi) is 5.73. The lowest BCUT2D eigenvalue weighted by molar-refractivity contribution is -0.136. The number of amides is 5. The minimum atomic E-state index is -4.58. The van der Waals surface area contributed by atoms with Crippen LogP contribution < -0.4 is 16.0 Å². The normalized spacial score (nSPS) is 19.0. The average molecular weight is 426 g/mol. The Balaban J connectivity index is 1.72. The highest BCUT2D eigenvalue weighted by Crippen LogP contribution is 2.35. The van der Waals surface area contributed by atoms with E-state index in [1.54, 1.807) is 5.32 Å². The molecule has 1 saturated carbocycles. The number of imide groups is 1. The van der Waals surface area contributed by atoms with Gasteiger partial charge in [-0.15, -0.1) is 0 Å². The minimum absolute atomic E-state index is 0.0309. The molecule has 1 heterocycles. The molecule has 1 saturated heterocycles. The second-order valence-electron chi connectivity index (χ2n) is 7.40. The summed E-state index contributed by atoms with van der Waals surface area (Å²) in [6.45, 7) is -0.151. The summed E-state index contributed by atoms with van der Waals surface area (Å²) in [5.74, 6) is -2.23. The van der Waals surface area contributed by atoms with Crippen molar-refractivity contribution < 1.29 is 32.3 Å². The molecule has 162 valence electrons. The van der Waals surface area contributed by atoms with Gasteiger partial charge in [0.2, 0.25) is 5.91 Å². The SMILES string of the molecule is CC(C(=O)Nc1ccccc1C(=O)NCC(F)(F)F)N1C(=O)NC2(CCCC2)C1=O. The molecule has 11 heteroatoms. The van der Waals surface area contributed by atoms with Crippen molar-refractivity contribution in [1.82, 2.24) is 15.5 Å². The van der Waals surface area contributed by atoms with Crippen LogP contribution in [0.2, 0.25) is 0 Å². The van der Waals surface area contributed by atoms with Gasteiger partial charge in [-0.25, -0.2) is 9.69 Å². The van der Waals surface area contributed by atoms with Gasteiger partial charge in [-0.2, -0.15) is 13.2 Å². The molecule has 0 radical (unpaired) electrons. The first-order chi connectivity index (χ1) is 14.0. The number of rotatable bonds is 5. The van der Waals surface area contributed by atoms with E-state index in [0.717, 1.165) is 17.7 Å². The van der Waals surface area contributed by atoms with Gasteiger partial charge in [-0.05, 0) is 31.9 Å². The number of nitrogens with one attached hydrogen (secondary N) is 3. The first-order valence-corrected chi connectivity index (χ1v) is 9.45. The topological polar surface area (TPSA) is 108 Å². The summed E-state index contributed by atoms with van der Waals surface area (Å²) in [6.07, 6.45) is -1.99. The largest absolute Gasteiger partial charge is 0.405 e. The summed E-state index contributed by atoms with van der Waals surface area (Å²) in [5, 5.41) is 6.85. The molecule has 3 rings (SSSR count). The van der Waals surface area contributed by atoms with Crippen molar-refractivity contribution in [2.45, 2.75) is 50.4 Å². The number of hydrogen-bond donors (Lipinski definition) is 3. The standard InChI is InChI=1S/C19H21F3N4O4/c1-11(26-16(29)18(25-17(26)30)8-4-5-9-18)14(27)24-13-7-3-2-6-12(13)15(28)23-10-19(20,21)22/h2-3,6-7,11H,4-5,8-10H2,1H3,(H,23,28)(H,24,27)(H,25,30). The third kappa shape index (κ3) is 4.24. The fourth-order valence-corrected chi connectivity index (χ4v) is 3.73. The van der Waals surface area contributed by atoms with E-state index in [1.807, 2.05) is 0 Å². The molecule has 1 aliphatic heterocycles. The molecular formula is C19H21F3N4O4. The molecule has 1 atom stereocenters. The number of urea groups is 1. The minimum Gasteiger partial charge on any atom is -0.343 e. The van der Waals surface area contributed by atoms with Gasteiger partial charge < -0.3 is 16.0 Å². The number of benzene rings is 1. The van der Waals surface area contributed by atoms with Crippen molar-refractivity contribution in [2.75, 3.05) is 11.9 Å². The molecule has 1 unspecified atom stereocenters. The number of halogens is 3. The fourth-order valence-electron chi connectivity index (χ4n) is 3.73. The van der Waals surface area contributed by atoms with Gasteiger partial charge in [0.25, 0.3) is 11.8 Å². The predicted molar refractivity (Wildman–Crippen MR) is 99.5 cm³/mol. The Morgan fingerprint density at radius 2 is 1.83 bits per heavy atom. The van der Waals surface area contributed by atoms with Gasteiger partial charge >= 0.3 is 12.2 Å². The number of alkyl halides is 3. The number of hydrogen-bond acceptors (Lipinski definition) is 4. The first kappa shape index (κ1) is 21.6. The van der Waals surface area contributed by atoms with E-state index in [2.05, 4.69) is 10.6 Å². The second kappa shape index (κ2) is 7.96. The maximum absolute atomic E-state index is 12.8. The van der Waals surface area contributed by atoms with E-state index in [9.17, 15) is 32.3 Å². The van der Waals surface area contributed by atoms with Crippen LogP contribution in [0.4, 0.5) is 23.7 Å². The van der Waals surface area contributed by atoms with Crippen LogP contribution in [0.1, 0.15) is 43.0 Å². The summed E-state index contributed by atoms with van der Waals surface area (Å²) in [5.41, 5.74) is -1.18. The summed E-state index contributed by atoms with van der Waals surface area (Å²) < 4.78 is 37.1. The Bertz CT molecular complexity index is 881. The van der Waals surface area contributed by atoms with Gasteiger partial charge in [0.15, 0.2) is 0 Å². The number of carbonyl (C=O) groups is 4. The zero-order chi connectivity index (χ0) is 22.1. The van der Waals surface area contributed by atoms with E-state index in [4.69, 9.17) is 0 Å². The maximum Gasteiger partial charge on any atom is 0.405 e. The third-order valence-electron chi connectivity index (χ3n) is 5.30. The highest BCUT2D eigenvalue weighted by atomic mass is 19.4. The second-order valence-corrected chi connectivity index (χ2v) is 7.40. The zero-order valence-corrected chi connectivity index (χ0v) is 16.1. The monoisotopic (exact) mass is 426 g/mol. The molecule has 3 N–H and O–H groups in total. The predicted octanol–water partition coefficient (Wildman–Crippen LogP) is 2.17. The van der Waals surface area contributed by atoms with Crippen LogP contribution in [0.5, 0.6) is 0 Å². The van der Waals surface area contributed by atoms with Crippen molar-refractivity contribution in [3.63, 3.8) is 0 Å². The van der Waals surface area contributed by atoms with Crippen LogP contribution in [-0.4, -0.2) is 53.0 Å². The van der Waals surface area contributed by atoms with E-state index < -0.39 is 48.1 Å². The maximum atomic E-state index is 12.8. The van der Waals surface area contributed by atoms with Crippen molar-refractivity contribution in [3.05, 3.63) is 29.8 Å². The molecule has 1 aliphatic carbocycles. The van der Waals surface area contributed by atoms with Crippen molar-refractivity contribution in [2.24, 2.45) is 0 Å². The lowest BCUT2D eigenvalue weighted by Crippen LogP contribution is -2.48. The lowest BCUT2D eigenvalue weighted by Gasteiger charge is -2.24. The Hall–Kier alpha value is -3.11. The van der Waals surface area contributed by atoms with Crippen LogP contribution in [0.15, 0.2) is 24.3 Å². The molecule has 0 aromatic heterocycles. The van der Waals surface area contributed by atoms with Crippen molar-refractivity contribution >= 4 is 29.4 Å². The smallest absolute Gasteiger partial charge is 0.343 e. The molecule has 30 heavy (non-hydrogen) atoms. The Labute approximate surface area is 170 Å². The summed E-state index contributed by atoms with van der Waals surface area (Å²) in [7, 11) is 0. The van der Waals surface area contributed by atoms with Crippen LogP contribution in [0.3, 0.4) is 0 Å². The molecule has 1 aromatic rings. The van der Waals surface area contributed by atoms with E-state index >= 15 is 0 Å². The third-order valence-corrected chi connectivity index (χ3v) is 5.30. The quantitative estimate of drug-likeness (QED) is 0.627. The Morgan fingerprint density at radius 1 is 1.20 bits per heavy atom. The lowest BCUT2D eigenvalue weighted by atomic mass is 9.97. The molecule has 2 fully saturated rings. The molecule has 8 nitrogen and oxygen atoms in total. The van der Waals surface area contributed by atoms with Crippen molar-refractivity contribution in [3.8, 4) is 0 Å². The van der Waals surface area contributed by atoms with E-state index in [1.165, 1.54) is 31.2 Å². The van der Waals surface area contributed by atoms with Gasteiger partial charge in [0.05, 0.1) is 11.3 Å². The van der Waals surface area contributed by atoms with Crippen LogP contribution in [0.25, 0.3) is 0 Å². The van der Waals surface area contributed by atoms with Crippen molar-refractivity contribution in [1.29, 1.82) is 0 Å². The van der Waals surface area contributed by atoms with Gasteiger partial charge in [-0.1, -0.05) is 25.0 Å². The molecule has 5 amide bonds. The van der Waals surface area contributed by atoms with Gasteiger partial charge in [-0.3, -0.25) is 14.4 Å². The van der Waals surface area contributed by atoms with Gasteiger partial charge in [0, 0.05) is 0 Å². The molecule has 1 aromatic carbocycles. The van der Waals surface area contributed by atoms with E-state index in [0.29, 0.717) is 12.8 Å². The average Bonchev–Trinajstić information content (AvgIpc) is 3.24. The summed E-state index contributed by atoms with van der Waals surface area (Å²) in [4.78, 5) is 50.8. The Morgan fingerprint density at radius 3 is 2.47 bits per heavy atom. The van der Waals surface area contributed by atoms with Crippen LogP contribution >= 0.6 is 0 Å². The van der Waals surface area contributed by atoms with Crippen LogP contribution in [0, 0.1) is 0 Å². The molecule has 2 aliphatic rings. The number of nitrogens with zero attached hydrogens (tertiary/aromatic N) is 1. The summed E-state index contributed by atoms with van der Waals surface area (Å²) >= 11 is 0. The van der Waals surface area contributed by atoms with Crippen LogP contribution in [-0.2, 0) is 9.59 Å². The molecule has 1 spiro atoms.